The molecule has 0 aliphatic rings. The Hall–Kier alpha value is -3.41. The summed E-state index contributed by atoms with van der Waals surface area (Å²) in [6, 6.07) is 5.76. The molecule has 3 aromatic heterocycles. The van der Waals surface area contributed by atoms with Crippen LogP contribution in [0.2, 0.25) is 0 Å². The van der Waals surface area contributed by atoms with Crippen LogP contribution in [0.3, 0.4) is 0 Å². The molecule has 0 saturated carbocycles. The first-order valence-corrected chi connectivity index (χ1v) is 8.38. The molecule has 4 rings (SSSR count). The molecule has 0 aliphatic carbocycles. The number of hydrogen-bond acceptors (Lipinski definition) is 8. The number of aryl methyl sites for hydroxylation is 1. The van der Waals surface area contributed by atoms with Gasteiger partial charge in [-0.25, -0.2) is 9.67 Å². The first-order valence-electron chi connectivity index (χ1n) is 7.59. The summed E-state index contributed by atoms with van der Waals surface area (Å²) in [5, 5.41) is 19.0. The van der Waals surface area contributed by atoms with Gasteiger partial charge in [-0.1, -0.05) is 5.16 Å². The van der Waals surface area contributed by atoms with Crippen LogP contribution in [0.1, 0.15) is 5.89 Å². The van der Waals surface area contributed by atoms with Crippen molar-refractivity contribution in [3.05, 3.63) is 61.6 Å². The molecule has 0 bridgehead atoms. The van der Waals surface area contributed by atoms with Crippen LogP contribution in [-0.4, -0.2) is 34.4 Å². The molecular weight excluding hydrogens is 422 g/mol. The van der Waals surface area contributed by atoms with Gasteiger partial charge in [-0.15, -0.1) is 0 Å². The zero-order chi connectivity index (χ0) is 19.1. The normalized spacial score (nSPS) is 11.2. The highest BCUT2D eigenvalue weighted by molar-refractivity contribution is 9.10. The predicted octanol–water partition coefficient (Wildman–Crippen LogP) is 1.90. The fraction of sp³-hybridized carbons (Fsp3) is 0.133. The van der Waals surface area contributed by atoms with Crippen LogP contribution in [0.15, 0.2) is 44.5 Å². The fourth-order valence-corrected chi connectivity index (χ4v) is 3.15. The van der Waals surface area contributed by atoms with E-state index in [-0.39, 0.29) is 29.5 Å². The van der Waals surface area contributed by atoms with Crippen molar-refractivity contribution < 1.29 is 9.45 Å². The average Bonchev–Trinajstić information content (AvgIpc) is 3.22. The first kappa shape index (κ1) is 17.0. The Kier molecular flexibility index (Phi) is 4.03. The molecule has 0 fully saturated rings. The zero-order valence-electron chi connectivity index (χ0n) is 13.7. The Balaban J connectivity index is 1.64. The first-order chi connectivity index (χ1) is 12.9. The molecule has 0 N–H and O–H groups in total. The third-order valence-electron chi connectivity index (χ3n) is 3.88. The average molecular weight is 432 g/mol. The maximum atomic E-state index is 12.6. The number of aromatic nitrogens is 6. The topological polar surface area (TPSA) is 135 Å². The lowest BCUT2D eigenvalue weighted by Crippen LogP contribution is -2.21. The van der Waals surface area contributed by atoms with Crippen LogP contribution >= 0.6 is 15.9 Å². The lowest BCUT2D eigenvalue weighted by Gasteiger charge is -2.01. The molecule has 0 aliphatic heterocycles. The van der Waals surface area contributed by atoms with Gasteiger partial charge in [-0.05, 0) is 28.1 Å². The second kappa shape index (κ2) is 6.39. The van der Waals surface area contributed by atoms with E-state index in [4.69, 9.17) is 4.52 Å². The summed E-state index contributed by atoms with van der Waals surface area (Å²) in [4.78, 5) is 31.3. The van der Waals surface area contributed by atoms with Crippen molar-refractivity contribution in [1.29, 1.82) is 0 Å². The Morgan fingerprint density at radius 3 is 2.74 bits per heavy atom. The maximum absolute atomic E-state index is 12.6. The Morgan fingerprint density at radius 1 is 1.30 bits per heavy atom. The van der Waals surface area contributed by atoms with E-state index in [2.05, 4.69) is 36.2 Å². The number of nitro groups is 1. The molecular formula is C15H10BrN7O4. The zero-order valence-corrected chi connectivity index (χ0v) is 15.3. The fourth-order valence-electron chi connectivity index (χ4n) is 2.56. The third kappa shape index (κ3) is 2.99. The summed E-state index contributed by atoms with van der Waals surface area (Å²) >= 11 is 3.25. The van der Waals surface area contributed by atoms with Crippen LogP contribution < -0.4 is 5.56 Å². The summed E-state index contributed by atoms with van der Waals surface area (Å²) in [6.07, 6.45) is 1.38. The highest BCUT2D eigenvalue weighted by Crippen LogP contribution is 2.20. The third-order valence-corrected chi connectivity index (χ3v) is 4.43. The van der Waals surface area contributed by atoms with Gasteiger partial charge in [0.25, 0.3) is 11.2 Å². The van der Waals surface area contributed by atoms with Gasteiger partial charge in [0.1, 0.15) is 22.9 Å². The van der Waals surface area contributed by atoms with Crippen molar-refractivity contribution in [2.24, 2.45) is 7.05 Å². The van der Waals surface area contributed by atoms with Crippen molar-refractivity contribution in [1.82, 2.24) is 29.5 Å². The second-order valence-electron chi connectivity index (χ2n) is 5.61. The number of halogens is 1. The Morgan fingerprint density at radius 2 is 2.04 bits per heavy atom. The van der Waals surface area contributed by atoms with E-state index in [1.165, 1.54) is 39.8 Å². The minimum Gasteiger partial charge on any atom is -0.337 e. The van der Waals surface area contributed by atoms with Gasteiger partial charge < -0.3 is 4.52 Å². The van der Waals surface area contributed by atoms with E-state index in [9.17, 15) is 14.9 Å². The molecule has 0 unspecified atom stereocenters. The number of nitro benzene ring substituents is 1. The van der Waals surface area contributed by atoms with Crippen molar-refractivity contribution in [3.63, 3.8) is 0 Å². The number of non-ortho nitro benzene ring substituents is 1. The van der Waals surface area contributed by atoms with Gasteiger partial charge >= 0.3 is 0 Å². The molecule has 0 radical (unpaired) electrons. The van der Waals surface area contributed by atoms with E-state index in [0.717, 1.165) is 0 Å². The molecule has 4 aromatic rings. The standard InChI is InChI=1S/C15H10BrN7O4/c1-21-14-11(12(16)19-21)15(24)22(7-17-14)6-10-18-13(20-27-10)8-2-4-9(5-3-8)23(25)26/h2-5,7H,6H2,1H3. The van der Waals surface area contributed by atoms with Crippen LogP contribution in [0, 0.1) is 10.1 Å². The summed E-state index contributed by atoms with van der Waals surface area (Å²) in [5.41, 5.74) is 0.692. The molecule has 3 heterocycles. The van der Waals surface area contributed by atoms with E-state index in [1.807, 2.05) is 0 Å². The molecule has 12 heteroatoms. The van der Waals surface area contributed by atoms with E-state index in [0.29, 0.717) is 21.2 Å². The lowest BCUT2D eigenvalue weighted by molar-refractivity contribution is -0.384. The van der Waals surface area contributed by atoms with Crippen LogP contribution in [0.25, 0.3) is 22.4 Å². The van der Waals surface area contributed by atoms with E-state index >= 15 is 0 Å². The number of hydrogen-bond donors (Lipinski definition) is 0. The van der Waals surface area contributed by atoms with Gasteiger partial charge in [0.2, 0.25) is 11.7 Å². The molecule has 0 spiro atoms. The summed E-state index contributed by atoms with van der Waals surface area (Å²) < 4.78 is 8.43. The summed E-state index contributed by atoms with van der Waals surface area (Å²) in [7, 11) is 1.69. The van der Waals surface area contributed by atoms with Crippen LogP contribution in [0.5, 0.6) is 0 Å². The molecule has 136 valence electrons. The smallest absolute Gasteiger partial charge is 0.269 e. The summed E-state index contributed by atoms with van der Waals surface area (Å²) in [6.45, 7) is 0.0308. The monoisotopic (exact) mass is 431 g/mol. The SMILES string of the molecule is Cn1nc(Br)c2c(=O)n(Cc3nc(-c4ccc([N+](=O)[O-])cc4)no3)cnc21. The minimum absolute atomic E-state index is 0.0308. The molecule has 0 amide bonds. The predicted molar refractivity (Wildman–Crippen MR) is 96.0 cm³/mol. The van der Waals surface area contributed by atoms with Gasteiger partial charge in [0, 0.05) is 24.7 Å². The van der Waals surface area contributed by atoms with Crippen molar-refractivity contribution in [3.8, 4) is 11.4 Å². The number of benzene rings is 1. The number of nitrogens with zero attached hydrogens (tertiary/aromatic N) is 7. The number of fused-ring (bicyclic) bond motifs is 1. The molecule has 1 aromatic carbocycles. The lowest BCUT2D eigenvalue weighted by atomic mass is 10.2. The van der Waals surface area contributed by atoms with E-state index in [1.54, 1.807) is 7.05 Å². The highest BCUT2D eigenvalue weighted by atomic mass is 79.9. The molecule has 0 saturated heterocycles. The van der Waals surface area contributed by atoms with Gasteiger partial charge in [-0.2, -0.15) is 10.1 Å². The van der Waals surface area contributed by atoms with Crippen molar-refractivity contribution in [2.75, 3.05) is 0 Å². The van der Waals surface area contributed by atoms with Crippen LogP contribution in [0.4, 0.5) is 5.69 Å². The second-order valence-corrected chi connectivity index (χ2v) is 6.36. The quantitative estimate of drug-likeness (QED) is 0.353. The number of rotatable bonds is 4. The molecule has 11 nitrogen and oxygen atoms in total. The molecule has 27 heavy (non-hydrogen) atoms. The Bertz CT molecular complexity index is 1230. The summed E-state index contributed by atoms with van der Waals surface area (Å²) in [5.74, 6) is 0.469. The largest absolute Gasteiger partial charge is 0.337 e. The van der Waals surface area contributed by atoms with E-state index < -0.39 is 4.92 Å². The van der Waals surface area contributed by atoms with Gasteiger partial charge in [0.05, 0.1) is 4.92 Å². The Labute approximate surface area is 158 Å². The highest BCUT2D eigenvalue weighted by Gasteiger charge is 2.16. The van der Waals surface area contributed by atoms with Crippen molar-refractivity contribution in [2.45, 2.75) is 6.54 Å². The van der Waals surface area contributed by atoms with Crippen LogP contribution in [-0.2, 0) is 13.6 Å². The van der Waals surface area contributed by atoms with Gasteiger partial charge in [0.15, 0.2) is 5.65 Å². The van der Waals surface area contributed by atoms with Gasteiger partial charge in [-0.3, -0.25) is 19.5 Å². The molecule has 0 atom stereocenters. The minimum atomic E-state index is -0.489. The maximum Gasteiger partial charge on any atom is 0.269 e. The van der Waals surface area contributed by atoms with Crippen molar-refractivity contribution >= 4 is 32.7 Å².